The van der Waals surface area contributed by atoms with Crippen molar-refractivity contribution in [3.05, 3.63) is 41.9 Å². The van der Waals surface area contributed by atoms with Crippen LogP contribution in [-0.4, -0.2) is 6.21 Å². The van der Waals surface area contributed by atoms with Gasteiger partial charge in [-0.05, 0) is 36.8 Å². The zero-order valence-electron chi connectivity index (χ0n) is 8.07. The number of nitrogens with zero attached hydrogens (tertiary/aromatic N) is 1. The van der Waals surface area contributed by atoms with Crippen LogP contribution in [0.1, 0.15) is 13.3 Å². The SMILES string of the molecule is CCC(N)=CC=Nc1ccc(F)cc1. The van der Waals surface area contributed by atoms with Crippen LogP contribution in [-0.2, 0) is 0 Å². The summed E-state index contributed by atoms with van der Waals surface area (Å²) in [5, 5.41) is 0. The molecule has 0 spiro atoms. The number of aliphatic imine (C=N–C) groups is 1. The van der Waals surface area contributed by atoms with Crippen LogP contribution in [0, 0.1) is 5.82 Å². The van der Waals surface area contributed by atoms with Crippen LogP contribution in [0.2, 0.25) is 0 Å². The van der Waals surface area contributed by atoms with Gasteiger partial charge in [-0.2, -0.15) is 0 Å². The predicted octanol–water partition coefficient (Wildman–Crippen LogP) is 2.78. The second-order valence-electron chi connectivity index (χ2n) is 2.85. The van der Waals surface area contributed by atoms with Crippen molar-refractivity contribution in [2.75, 3.05) is 0 Å². The molecule has 0 bridgehead atoms. The number of allylic oxidation sites excluding steroid dienone is 2. The van der Waals surface area contributed by atoms with Crippen molar-refractivity contribution in [2.24, 2.45) is 10.7 Å². The van der Waals surface area contributed by atoms with Gasteiger partial charge in [0, 0.05) is 11.9 Å². The first kappa shape index (κ1) is 10.4. The Labute approximate surface area is 83.0 Å². The smallest absolute Gasteiger partial charge is 0.123 e. The number of benzene rings is 1. The molecule has 0 radical (unpaired) electrons. The highest BCUT2D eigenvalue weighted by Crippen LogP contribution is 2.11. The van der Waals surface area contributed by atoms with E-state index in [2.05, 4.69) is 4.99 Å². The molecule has 74 valence electrons. The maximum absolute atomic E-state index is 12.5. The lowest BCUT2D eigenvalue weighted by molar-refractivity contribution is 0.628. The van der Waals surface area contributed by atoms with Crippen LogP contribution in [0.15, 0.2) is 41.0 Å². The summed E-state index contributed by atoms with van der Waals surface area (Å²) < 4.78 is 12.5. The van der Waals surface area contributed by atoms with E-state index in [9.17, 15) is 4.39 Å². The minimum atomic E-state index is -0.257. The molecule has 2 N–H and O–H groups in total. The zero-order valence-corrected chi connectivity index (χ0v) is 8.07. The Hall–Kier alpha value is -1.64. The van der Waals surface area contributed by atoms with Gasteiger partial charge in [0.25, 0.3) is 0 Å². The lowest BCUT2D eigenvalue weighted by atomic mass is 10.3. The van der Waals surface area contributed by atoms with E-state index in [4.69, 9.17) is 5.73 Å². The lowest BCUT2D eigenvalue weighted by Crippen LogP contribution is -1.94. The van der Waals surface area contributed by atoms with Gasteiger partial charge in [0.2, 0.25) is 0 Å². The molecule has 0 aliphatic carbocycles. The Kier molecular flexibility index (Phi) is 3.85. The van der Waals surface area contributed by atoms with E-state index in [1.807, 2.05) is 6.92 Å². The standard InChI is InChI=1S/C11H13FN2/c1-2-10(13)7-8-14-11-5-3-9(12)4-6-11/h3-8H,2,13H2,1H3. The van der Waals surface area contributed by atoms with Crippen molar-refractivity contribution in [3.63, 3.8) is 0 Å². The third-order valence-corrected chi connectivity index (χ3v) is 1.75. The molecule has 0 fully saturated rings. The van der Waals surface area contributed by atoms with Gasteiger partial charge in [0.05, 0.1) is 5.69 Å². The summed E-state index contributed by atoms with van der Waals surface area (Å²) in [5.74, 6) is -0.257. The number of hydrogen-bond donors (Lipinski definition) is 1. The van der Waals surface area contributed by atoms with Gasteiger partial charge >= 0.3 is 0 Å². The van der Waals surface area contributed by atoms with Crippen molar-refractivity contribution in [2.45, 2.75) is 13.3 Å². The fourth-order valence-corrected chi connectivity index (χ4v) is 0.864. The van der Waals surface area contributed by atoms with Gasteiger partial charge < -0.3 is 5.73 Å². The molecular weight excluding hydrogens is 179 g/mol. The molecule has 0 aliphatic heterocycles. The molecular formula is C11H13FN2. The Morgan fingerprint density at radius 2 is 2.07 bits per heavy atom. The van der Waals surface area contributed by atoms with E-state index in [1.54, 1.807) is 24.4 Å². The molecule has 0 saturated carbocycles. The molecule has 0 aromatic heterocycles. The summed E-state index contributed by atoms with van der Waals surface area (Å²) >= 11 is 0. The minimum Gasteiger partial charge on any atom is -0.402 e. The summed E-state index contributed by atoms with van der Waals surface area (Å²) in [4.78, 5) is 4.09. The maximum Gasteiger partial charge on any atom is 0.123 e. The summed E-state index contributed by atoms with van der Waals surface area (Å²) in [6.07, 6.45) is 4.16. The maximum atomic E-state index is 12.5. The fourth-order valence-electron chi connectivity index (χ4n) is 0.864. The molecule has 1 aromatic carbocycles. The van der Waals surface area contributed by atoms with Gasteiger partial charge in [0.1, 0.15) is 5.82 Å². The Morgan fingerprint density at radius 1 is 1.43 bits per heavy atom. The molecule has 2 nitrogen and oxygen atoms in total. The third-order valence-electron chi connectivity index (χ3n) is 1.75. The summed E-state index contributed by atoms with van der Waals surface area (Å²) in [5.41, 5.74) is 7.06. The molecule has 3 heteroatoms. The van der Waals surface area contributed by atoms with E-state index in [0.717, 1.165) is 12.1 Å². The summed E-state index contributed by atoms with van der Waals surface area (Å²) in [6.45, 7) is 1.97. The van der Waals surface area contributed by atoms with Gasteiger partial charge in [-0.25, -0.2) is 4.39 Å². The predicted molar refractivity (Wildman–Crippen MR) is 57.1 cm³/mol. The normalized spacial score (nSPS) is 12.3. The molecule has 1 aromatic rings. The first-order valence-electron chi connectivity index (χ1n) is 4.46. The minimum absolute atomic E-state index is 0.257. The second kappa shape index (κ2) is 5.17. The van der Waals surface area contributed by atoms with Crippen molar-refractivity contribution in [3.8, 4) is 0 Å². The average molecular weight is 192 g/mol. The van der Waals surface area contributed by atoms with Crippen molar-refractivity contribution in [1.82, 2.24) is 0 Å². The number of nitrogens with two attached hydrogens (primary N) is 1. The van der Waals surface area contributed by atoms with Crippen LogP contribution >= 0.6 is 0 Å². The number of rotatable bonds is 3. The molecule has 0 atom stereocenters. The van der Waals surface area contributed by atoms with Gasteiger partial charge in [-0.3, -0.25) is 4.99 Å². The number of hydrogen-bond acceptors (Lipinski definition) is 2. The molecule has 0 unspecified atom stereocenters. The molecule has 14 heavy (non-hydrogen) atoms. The van der Waals surface area contributed by atoms with Crippen molar-refractivity contribution in [1.29, 1.82) is 0 Å². The largest absolute Gasteiger partial charge is 0.402 e. The molecule has 0 heterocycles. The second-order valence-corrected chi connectivity index (χ2v) is 2.85. The Bertz CT molecular complexity index is 339. The summed E-state index contributed by atoms with van der Waals surface area (Å²) in [6, 6.07) is 5.97. The van der Waals surface area contributed by atoms with E-state index in [1.165, 1.54) is 12.1 Å². The average Bonchev–Trinajstić information content (AvgIpc) is 2.21. The fraction of sp³-hybridized carbons (Fsp3) is 0.182. The van der Waals surface area contributed by atoms with Crippen LogP contribution in [0.3, 0.4) is 0 Å². The Morgan fingerprint density at radius 3 is 2.64 bits per heavy atom. The first-order valence-corrected chi connectivity index (χ1v) is 4.46. The van der Waals surface area contributed by atoms with Gasteiger partial charge in [-0.1, -0.05) is 6.92 Å². The van der Waals surface area contributed by atoms with E-state index >= 15 is 0 Å². The molecule has 0 amide bonds. The number of halogens is 1. The van der Waals surface area contributed by atoms with Crippen molar-refractivity contribution < 1.29 is 4.39 Å². The topological polar surface area (TPSA) is 38.4 Å². The van der Waals surface area contributed by atoms with Gasteiger partial charge in [-0.15, -0.1) is 0 Å². The highest BCUT2D eigenvalue weighted by Gasteiger charge is 1.88. The van der Waals surface area contributed by atoms with E-state index < -0.39 is 0 Å². The van der Waals surface area contributed by atoms with Crippen LogP contribution < -0.4 is 5.73 Å². The molecule has 0 aliphatic rings. The summed E-state index contributed by atoms with van der Waals surface area (Å²) in [7, 11) is 0. The highest BCUT2D eigenvalue weighted by molar-refractivity contribution is 5.75. The highest BCUT2D eigenvalue weighted by atomic mass is 19.1. The van der Waals surface area contributed by atoms with E-state index in [0.29, 0.717) is 5.69 Å². The van der Waals surface area contributed by atoms with Crippen LogP contribution in [0.25, 0.3) is 0 Å². The first-order chi connectivity index (χ1) is 6.72. The van der Waals surface area contributed by atoms with Crippen molar-refractivity contribution >= 4 is 11.9 Å². The van der Waals surface area contributed by atoms with E-state index in [-0.39, 0.29) is 5.82 Å². The molecule has 0 saturated heterocycles. The zero-order chi connectivity index (χ0) is 10.4. The van der Waals surface area contributed by atoms with Gasteiger partial charge in [0.15, 0.2) is 0 Å². The van der Waals surface area contributed by atoms with Crippen LogP contribution in [0.4, 0.5) is 10.1 Å². The third kappa shape index (κ3) is 3.39. The Balaban J connectivity index is 2.65. The molecule has 1 rings (SSSR count). The monoisotopic (exact) mass is 192 g/mol. The van der Waals surface area contributed by atoms with Crippen LogP contribution in [0.5, 0.6) is 0 Å². The lowest BCUT2D eigenvalue weighted by Gasteiger charge is -1.92. The quantitative estimate of drug-likeness (QED) is 0.735.